The first kappa shape index (κ1) is 33.7. The maximum Gasteiger partial charge on any atom is 0.392 e. The Balaban J connectivity index is 1.76. The number of carbonyl (C=O) groups excluding carboxylic acids is 2. The summed E-state index contributed by atoms with van der Waals surface area (Å²) in [5.74, 6) is -2.04. The lowest BCUT2D eigenvalue weighted by Gasteiger charge is -2.19. The van der Waals surface area contributed by atoms with E-state index < -0.39 is 41.0 Å². The van der Waals surface area contributed by atoms with E-state index in [0.29, 0.717) is 13.1 Å². The zero-order valence-corrected chi connectivity index (χ0v) is 25.9. The maximum absolute atomic E-state index is 12.9. The van der Waals surface area contributed by atoms with Crippen molar-refractivity contribution in [3.05, 3.63) is 99.6 Å². The van der Waals surface area contributed by atoms with Gasteiger partial charge in [-0.1, -0.05) is 36.4 Å². The van der Waals surface area contributed by atoms with E-state index in [1.165, 1.54) is 30.3 Å². The molecule has 0 unspecified atom stereocenters. The molecule has 0 saturated heterocycles. The van der Waals surface area contributed by atoms with Crippen LogP contribution in [0.25, 0.3) is 0 Å². The molecule has 0 saturated carbocycles. The number of hydrogen-bond donors (Lipinski definition) is 0. The van der Waals surface area contributed by atoms with Crippen LogP contribution in [-0.4, -0.2) is 58.0 Å². The molecule has 1 aromatic heterocycles. The third kappa shape index (κ3) is 8.92. The third-order valence-corrected chi connectivity index (χ3v) is 6.47. The molecule has 0 spiro atoms. The van der Waals surface area contributed by atoms with Crippen LogP contribution in [0.3, 0.4) is 0 Å². The van der Waals surface area contributed by atoms with E-state index in [1.807, 2.05) is 50.2 Å². The number of carbonyl (C=O) groups is 2. The summed E-state index contributed by atoms with van der Waals surface area (Å²) in [7, 11) is 0. The Kier molecular flexibility index (Phi) is 11.6. The van der Waals surface area contributed by atoms with Crippen LogP contribution in [0, 0.1) is 21.4 Å². The van der Waals surface area contributed by atoms with Crippen molar-refractivity contribution in [3.8, 4) is 41.1 Å². The lowest BCUT2D eigenvalue weighted by atomic mass is 10.2. The normalized spacial score (nSPS) is 10.3. The Morgan fingerprint density at radius 2 is 1.64 bits per heavy atom. The van der Waals surface area contributed by atoms with Crippen molar-refractivity contribution in [2.75, 3.05) is 26.3 Å². The smallest absolute Gasteiger partial charge is 0.392 e. The van der Waals surface area contributed by atoms with Crippen LogP contribution >= 0.6 is 0 Å². The van der Waals surface area contributed by atoms with E-state index in [2.05, 4.69) is 9.97 Å². The van der Waals surface area contributed by atoms with Gasteiger partial charge in [-0.2, -0.15) is 15.2 Å². The maximum atomic E-state index is 12.9. The van der Waals surface area contributed by atoms with Crippen LogP contribution < -0.4 is 18.9 Å². The minimum atomic E-state index is -0.838. The molecule has 0 bridgehead atoms. The van der Waals surface area contributed by atoms with Crippen LogP contribution in [-0.2, 0) is 16.1 Å². The summed E-state index contributed by atoms with van der Waals surface area (Å²) in [6.07, 6.45) is 0. The molecular formula is C33H31N5O9. The van der Waals surface area contributed by atoms with Gasteiger partial charge in [-0.15, -0.1) is 0 Å². The van der Waals surface area contributed by atoms with Crippen molar-refractivity contribution in [1.82, 2.24) is 14.9 Å². The molecule has 3 aromatic carbocycles. The number of esters is 1. The highest BCUT2D eigenvalue weighted by Gasteiger charge is 2.31. The number of nitrogens with zero attached hydrogens (tertiary/aromatic N) is 5. The first-order valence-corrected chi connectivity index (χ1v) is 14.6. The summed E-state index contributed by atoms with van der Waals surface area (Å²) in [5.41, 5.74) is 0.556. The second-order valence-electron chi connectivity index (χ2n) is 9.57. The topological polar surface area (TPSA) is 176 Å². The fourth-order valence-corrected chi connectivity index (χ4v) is 4.21. The zero-order valence-electron chi connectivity index (χ0n) is 25.9. The van der Waals surface area contributed by atoms with Gasteiger partial charge in [0.05, 0.1) is 23.2 Å². The van der Waals surface area contributed by atoms with E-state index in [-0.39, 0.29) is 47.5 Å². The monoisotopic (exact) mass is 641 g/mol. The van der Waals surface area contributed by atoms with E-state index in [1.54, 1.807) is 24.0 Å². The molecule has 14 heteroatoms. The number of nitro groups is 1. The lowest BCUT2D eigenvalue weighted by Crippen LogP contribution is -2.30. The Hall–Kier alpha value is -6.23. The van der Waals surface area contributed by atoms with E-state index in [9.17, 15) is 25.0 Å². The van der Waals surface area contributed by atoms with E-state index in [4.69, 9.17) is 23.7 Å². The fourth-order valence-electron chi connectivity index (χ4n) is 4.21. The third-order valence-electron chi connectivity index (χ3n) is 6.47. The molecule has 1 heterocycles. The number of benzene rings is 3. The molecule has 0 aliphatic heterocycles. The molecule has 0 fully saturated rings. The summed E-state index contributed by atoms with van der Waals surface area (Å²) < 4.78 is 28.0. The number of nitriles is 1. The molecule has 0 radical (unpaired) electrons. The number of hydrogen-bond acceptors (Lipinski definition) is 12. The van der Waals surface area contributed by atoms with Gasteiger partial charge in [-0.25, -0.2) is 4.79 Å². The summed E-state index contributed by atoms with van der Waals surface area (Å²) in [6.45, 7) is 5.73. The van der Waals surface area contributed by atoms with Crippen molar-refractivity contribution >= 4 is 17.6 Å². The molecule has 4 rings (SSSR count). The van der Waals surface area contributed by atoms with Crippen LogP contribution in [0.5, 0.6) is 35.0 Å². The minimum Gasteiger partial charge on any atom is -0.485 e. The van der Waals surface area contributed by atoms with Crippen LogP contribution in [0.15, 0.2) is 72.8 Å². The van der Waals surface area contributed by atoms with Crippen molar-refractivity contribution in [2.45, 2.75) is 27.4 Å². The van der Waals surface area contributed by atoms with Gasteiger partial charge in [0.2, 0.25) is 0 Å². The van der Waals surface area contributed by atoms with Crippen LogP contribution in [0.2, 0.25) is 0 Å². The summed E-state index contributed by atoms with van der Waals surface area (Å²) in [6, 6.07) is 21.3. The highest BCUT2D eigenvalue weighted by atomic mass is 16.6. The van der Waals surface area contributed by atoms with Crippen LogP contribution in [0.4, 0.5) is 5.69 Å². The summed E-state index contributed by atoms with van der Waals surface area (Å²) in [4.78, 5) is 46.2. The number of rotatable bonds is 15. The summed E-state index contributed by atoms with van der Waals surface area (Å²) >= 11 is 0. The molecular weight excluding hydrogens is 610 g/mol. The largest absolute Gasteiger partial charge is 0.485 e. The standard InChI is InChI=1S/C33H31N5O9/c1-4-37(5-2)32(40)24-13-10-14-25(18-24)46-31-29(38(41)42)30(45-21-28(39)43-6-3)35-33(36-31)47-27-17-23(19-34)15-16-26(27)44-20-22-11-8-7-9-12-22/h7-18H,4-6,20-21H2,1-3H3. The van der Waals surface area contributed by atoms with Gasteiger partial charge < -0.3 is 28.6 Å². The van der Waals surface area contributed by atoms with E-state index >= 15 is 0 Å². The Labute approximate surface area is 270 Å². The van der Waals surface area contributed by atoms with Gasteiger partial charge >= 0.3 is 29.4 Å². The van der Waals surface area contributed by atoms with Gasteiger partial charge in [0.25, 0.3) is 5.91 Å². The van der Waals surface area contributed by atoms with Crippen molar-refractivity contribution < 1.29 is 38.2 Å². The van der Waals surface area contributed by atoms with Crippen molar-refractivity contribution in [2.24, 2.45) is 0 Å². The fraction of sp³-hybridized carbons (Fsp3) is 0.242. The second kappa shape index (κ2) is 16.2. The van der Waals surface area contributed by atoms with Gasteiger partial charge in [0, 0.05) is 24.7 Å². The van der Waals surface area contributed by atoms with Gasteiger partial charge in [-0.3, -0.25) is 14.9 Å². The average Bonchev–Trinajstić information content (AvgIpc) is 3.07. The van der Waals surface area contributed by atoms with Crippen molar-refractivity contribution in [1.29, 1.82) is 5.26 Å². The first-order valence-electron chi connectivity index (χ1n) is 14.6. The molecule has 47 heavy (non-hydrogen) atoms. The minimum absolute atomic E-state index is 0.0166. The molecule has 0 aliphatic carbocycles. The molecule has 4 aromatic rings. The van der Waals surface area contributed by atoms with Gasteiger partial charge in [0.15, 0.2) is 18.1 Å². The summed E-state index contributed by atoms with van der Waals surface area (Å²) in [5, 5.41) is 21.8. The Bertz CT molecular complexity index is 1770. The second-order valence-corrected chi connectivity index (χ2v) is 9.57. The van der Waals surface area contributed by atoms with Crippen molar-refractivity contribution in [3.63, 3.8) is 0 Å². The molecule has 0 atom stereocenters. The predicted octanol–water partition coefficient (Wildman–Crippen LogP) is 5.84. The highest BCUT2D eigenvalue weighted by Crippen LogP contribution is 2.40. The lowest BCUT2D eigenvalue weighted by molar-refractivity contribution is -0.387. The van der Waals surface area contributed by atoms with E-state index in [0.717, 1.165) is 5.56 Å². The number of ether oxygens (including phenoxy) is 5. The molecule has 0 aliphatic rings. The highest BCUT2D eigenvalue weighted by molar-refractivity contribution is 5.94. The molecule has 1 amide bonds. The number of aromatic nitrogens is 2. The molecule has 14 nitrogen and oxygen atoms in total. The zero-order chi connectivity index (χ0) is 33.8. The van der Waals surface area contributed by atoms with Crippen LogP contribution in [0.1, 0.15) is 42.3 Å². The SMILES string of the molecule is CCOC(=O)COc1nc(Oc2cc(C#N)ccc2OCc2ccccc2)nc(Oc2cccc(C(=O)N(CC)CC)c2)c1[N+](=O)[O-]. The molecule has 0 N–H and O–H groups in total. The quantitative estimate of drug-likeness (QED) is 0.0861. The Morgan fingerprint density at radius 1 is 0.894 bits per heavy atom. The molecule has 242 valence electrons. The predicted molar refractivity (Wildman–Crippen MR) is 167 cm³/mol. The van der Waals surface area contributed by atoms with Gasteiger partial charge in [0.1, 0.15) is 12.4 Å². The van der Waals surface area contributed by atoms with Gasteiger partial charge in [-0.05, 0) is 56.7 Å². The average molecular weight is 642 g/mol. The Morgan fingerprint density at radius 3 is 2.32 bits per heavy atom. The first-order chi connectivity index (χ1) is 22.8. The number of amides is 1.